The summed E-state index contributed by atoms with van der Waals surface area (Å²) in [6, 6.07) is 2.07. The van der Waals surface area contributed by atoms with Gasteiger partial charge in [0, 0.05) is 37.1 Å². The molecule has 2 fully saturated rings. The van der Waals surface area contributed by atoms with E-state index >= 15 is 0 Å². The lowest BCUT2D eigenvalue weighted by Gasteiger charge is -2.34. The Kier molecular flexibility index (Phi) is 9.98. The Morgan fingerprint density at radius 3 is 2.59 bits per heavy atom. The molecule has 1 aliphatic heterocycles. The minimum absolute atomic E-state index is 0.170. The Morgan fingerprint density at radius 2 is 1.82 bits per heavy atom. The number of hydrogen-bond donors (Lipinski definition) is 4. The van der Waals surface area contributed by atoms with Gasteiger partial charge < -0.3 is 31.0 Å². The molecule has 1 radical (unpaired) electrons. The van der Waals surface area contributed by atoms with E-state index in [2.05, 4.69) is 15.6 Å². The van der Waals surface area contributed by atoms with Crippen LogP contribution in [0, 0.1) is 0 Å². The van der Waals surface area contributed by atoms with E-state index in [0.717, 1.165) is 80.1 Å². The molecule has 0 spiro atoms. The van der Waals surface area contributed by atoms with Crippen molar-refractivity contribution in [1.82, 2.24) is 15.2 Å². The molecule has 1 aliphatic carbocycles. The summed E-state index contributed by atoms with van der Waals surface area (Å²) in [4.78, 5) is 33.2. The molecule has 1 saturated heterocycles. The molecule has 2 aliphatic rings. The number of rotatable bonds is 5. The molecule has 5 N–H and O–H groups in total. The van der Waals surface area contributed by atoms with Crippen LogP contribution in [0.15, 0.2) is 12.3 Å². The van der Waals surface area contributed by atoms with Gasteiger partial charge in [0.25, 0.3) is 13.4 Å². The minimum atomic E-state index is -0.563. The van der Waals surface area contributed by atoms with E-state index in [1.165, 1.54) is 18.8 Å². The average molecular weight is 557 g/mol. The number of anilines is 2. The maximum absolute atomic E-state index is 13.3. The smallest absolute Gasteiger partial charge is 0.410 e. The highest BCUT2D eigenvalue weighted by molar-refractivity contribution is 7.21. The first-order valence-corrected chi connectivity index (χ1v) is 15.2. The second-order valence-electron chi connectivity index (χ2n) is 11.9. The van der Waals surface area contributed by atoms with Crippen molar-refractivity contribution in [3.63, 3.8) is 0 Å². The summed E-state index contributed by atoms with van der Waals surface area (Å²) in [6.45, 7) is 6.57. The van der Waals surface area contributed by atoms with Crippen molar-refractivity contribution in [3.05, 3.63) is 17.1 Å². The summed E-state index contributed by atoms with van der Waals surface area (Å²) >= 11 is 1.30. The largest absolute Gasteiger partial charge is 0.454 e. The Morgan fingerprint density at radius 1 is 1.10 bits per heavy atom. The van der Waals surface area contributed by atoms with E-state index in [9.17, 15) is 14.6 Å². The molecule has 3 atom stereocenters. The average Bonchev–Trinajstić information content (AvgIpc) is 3.24. The van der Waals surface area contributed by atoms with Gasteiger partial charge in [-0.05, 0) is 58.3 Å². The van der Waals surface area contributed by atoms with E-state index in [0.29, 0.717) is 29.7 Å². The normalized spacial score (nSPS) is 23.2. The predicted octanol–water partition coefficient (Wildman–Crippen LogP) is 5.32. The van der Waals surface area contributed by atoms with Gasteiger partial charge >= 0.3 is 6.09 Å². The van der Waals surface area contributed by atoms with Crippen molar-refractivity contribution in [2.45, 2.75) is 108 Å². The van der Waals surface area contributed by atoms with Gasteiger partial charge in [-0.15, -0.1) is 11.3 Å². The first-order valence-electron chi connectivity index (χ1n) is 14.3. The number of pyridine rings is 1. The third-order valence-electron chi connectivity index (χ3n) is 7.57. The highest BCUT2D eigenvalue weighted by Crippen LogP contribution is 2.38. The molecule has 2 aromatic heterocycles. The standard InChI is InChI=1S/C28H43BN5O4S/c1-28(2,3)38-27(36)34-16-8-13-20(17-34)33-25(35)24-23(30)22-21(14-15-31-26(22)39-24)32-19-11-6-4-5-9-18(29-37)10-7-12-19/h14-15,18-20,37H,4-13,16-17,30H2,1-3H3,(H,31,32)(H,33,35). The molecule has 9 nitrogen and oxygen atoms in total. The van der Waals surface area contributed by atoms with Crippen LogP contribution in [0.25, 0.3) is 10.2 Å². The maximum Gasteiger partial charge on any atom is 0.410 e. The number of carbonyl (C=O) groups excluding carboxylic acids is 2. The number of likely N-dealkylation sites (tertiary alicyclic amines) is 1. The SMILES string of the molecule is CC(C)(C)OC(=O)N1CCCC(NC(=O)c2sc3nccc(NC4CCCCCC([B]O)CCC4)c3c2N)C1. The number of nitrogens with two attached hydrogens (primary N) is 1. The second-order valence-corrected chi connectivity index (χ2v) is 12.9. The zero-order chi connectivity index (χ0) is 28.0. The summed E-state index contributed by atoms with van der Waals surface area (Å²) in [7, 11) is 1.37. The number of thiophene rings is 1. The lowest BCUT2D eigenvalue weighted by atomic mass is 9.73. The Bertz CT molecular complexity index is 1140. The third-order valence-corrected chi connectivity index (χ3v) is 8.68. The van der Waals surface area contributed by atoms with Crippen LogP contribution >= 0.6 is 11.3 Å². The second kappa shape index (κ2) is 13.2. The zero-order valence-electron chi connectivity index (χ0n) is 23.5. The fourth-order valence-corrected chi connectivity index (χ4v) is 6.57. The molecule has 3 unspecified atom stereocenters. The first kappa shape index (κ1) is 29.5. The van der Waals surface area contributed by atoms with Gasteiger partial charge in [0.1, 0.15) is 15.3 Å². The van der Waals surface area contributed by atoms with Crippen LogP contribution in [0.1, 0.15) is 94.7 Å². The molecule has 1 saturated carbocycles. The summed E-state index contributed by atoms with van der Waals surface area (Å²) in [5.74, 6) is 0.0489. The van der Waals surface area contributed by atoms with E-state index in [4.69, 9.17) is 10.5 Å². The number of amides is 2. The molecular weight excluding hydrogens is 513 g/mol. The number of fused-ring (bicyclic) bond motifs is 1. The van der Waals surface area contributed by atoms with Crippen molar-refractivity contribution in [1.29, 1.82) is 0 Å². The van der Waals surface area contributed by atoms with Crippen molar-refractivity contribution in [2.75, 3.05) is 24.1 Å². The van der Waals surface area contributed by atoms with Crippen LogP contribution < -0.4 is 16.4 Å². The molecule has 11 heteroatoms. The Hall–Kier alpha value is -2.53. The maximum atomic E-state index is 13.3. The highest BCUT2D eigenvalue weighted by Gasteiger charge is 2.30. The third kappa shape index (κ3) is 8.00. The van der Waals surface area contributed by atoms with Gasteiger partial charge in [-0.1, -0.05) is 38.5 Å². The van der Waals surface area contributed by atoms with Crippen LogP contribution in [-0.2, 0) is 4.74 Å². The molecule has 0 bridgehead atoms. The Labute approximate surface area is 236 Å². The van der Waals surface area contributed by atoms with Crippen LogP contribution in [-0.4, -0.2) is 65.2 Å². The molecule has 4 rings (SSSR count). The highest BCUT2D eigenvalue weighted by atomic mass is 32.1. The number of nitrogens with one attached hydrogen (secondary N) is 2. The number of nitrogen functional groups attached to an aromatic ring is 1. The summed E-state index contributed by atoms with van der Waals surface area (Å²) in [6.07, 6.45) is 11.6. The van der Waals surface area contributed by atoms with Gasteiger partial charge in [0.15, 0.2) is 0 Å². The quantitative estimate of drug-likeness (QED) is 0.367. The fourth-order valence-electron chi connectivity index (χ4n) is 5.58. The van der Waals surface area contributed by atoms with Crippen molar-refractivity contribution in [3.8, 4) is 0 Å². The number of aromatic nitrogens is 1. The summed E-state index contributed by atoms with van der Waals surface area (Å²) in [5.41, 5.74) is 7.38. The van der Waals surface area contributed by atoms with Crippen LogP contribution in [0.5, 0.6) is 0 Å². The number of carbonyl (C=O) groups is 2. The van der Waals surface area contributed by atoms with Crippen molar-refractivity contribution >= 4 is 52.4 Å². The van der Waals surface area contributed by atoms with Gasteiger partial charge in [-0.2, -0.15) is 0 Å². The molecule has 2 aromatic rings. The monoisotopic (exact) mass is 556 g/mol. The van der Waals surface area contributed by atoms with Crippen LogP contribution in [0.4, 0.5) is 16.2 Å². The van der Waals surface area contributed by atoms with Crippen molar-refractivity contribution in [2.24, 2.45) is 0 Å². The summed E-state index contributed by atoms with van der Waals surface area (Å²) < 4.78 is 5.52. The van der Waals surface area contributed by atoms with E-state index in [-0.39, 0.29) is 23.9 Å². The van der Waals surface area contributed by atoms with Crippen LogP contribution in [0.3, 0.4) is 0 Å². The van der Waals surface area contributed by atoms with Gasteiger partial charge in [0.05, 0.1) is 11.1 Å². The number of piperidine rings is 1. The topological polar surface area (TPSA) is 130 Å². The lowest BCUT2D eigenvalue weighted by Crippen LogP contribution is -2.50. The molecular formula is C28H43BN5O4S. The molecule has 39 heavy (non-hydrogen) atoms. The predicted molar refractivity (Wildman–Crippen MR) is 158 cm³/mol. The zero-order valence-corrected chi connectivity index (χ0v) is 24.3. The molecule has 2 amide bonds. The number of ether oxygens (including phenoxy) is 1. The van der Waals surface area contributed by atoms with E-state index < -0.39 is 5.60 Å². The number of hydrogen-bond acceptors (Lipinski definition) is 8. The van der Waals surface area contributed by atoms with Crippen molar-refractivity contribution < 1.29 is 19.3 Å². The van der Waals surface area contributed by atoms with Gasteiger partial charge in [-0.3, -0.25) is 4.79 Å². The fraction of sp³-hybridized carbons (Fsp3) is 0.679. The Balaban J connectivity index is 1.44. The molecule has 3 heterocycles. The molecule has 0 aromatic carbocycles. The van der Waals surface area contributed by atoms with E-state index in [1.54, 1.807) is 11.1 Å². The van der Waals surface area contributed by atoms with Gasteiger partial charge in [-0.25, -0.2) is 9.78 Å². The molecule has 213 valence electrons. The minimum Gasteiger partial charge on any atom is -0.454 e. The lowest BCUT2D eigenvalue weighted by molar-refractivity contribution is 0.0186. The first-order chi connectivity index (χ1) is 18.6. The number of nitrogens with zero attached hydrogens (tertiary/aromatic N) is 2. The van der Waals surface area contributed by atoms with E-state index in [1.807, 2.05) is 26.8 Å². The summed E-state index contributed by atoms with van der Waals surface area (Å²) in [5, 5.41) is 17.1. The van der Waals surface area contributed by atoms with Gasteiger partial charge in [0.2, 0.25) is 0 Å². The van der Waals surface area contributed by atoms with Crippen LogP contribution in [0.2, 0.25) is 5.82 Å².